The van der Waals surface area contributed by atoms with E-state index >= 15 is 0 Å². The van der Waals surface area contributed by atoms with Crippen LogP contribution >= 0.6 is 0 Å². The summed E-state index contributed by atoms with van der Waals surface area (Å²) in [5, 5.41) is 14.8. The van der Waals surface area contributed by atoms with E-state index in [1.807, 2.05) is 58.0 Å². The summed E-state index contributed by atoms with van der Waals surface area (Å²) in [4.78, 5) is 52.6. The van der Waals surface area contributed by atoms with Gasteiger partial charge in [-0.2, -0.15) is 0 Å². The fraction of sp³-hybridized carbons (Fsp3) is 0.500. The smallest absolute Gasteiger partial charge is 0.407 e. The van der Waals surface area contributed by atoms with Crippen LogP contribution in [0.25, 0.3) is 0 Å². The third-order valence-electron chi connectivity index (χ3n) is 8.22. The number of nitrogens with zero attached hydrogens (tertiary/aromatic N) is 1. The van der Waals surface area contributed by atoms with E-state index in [4.69, 9.17) is 9.84 Å². The molecule has 1 heterocycles. The minimum absolute atomic E-state index is 0.0767. The average Bonchev–Trinajstić information content (AvgIpc) is 3.37. The molecule has 0 radical (unpaired) electrons. The molecule has 2 fully saturated rings. The van der Waals surface area contributed by atoms with E-state index < -0.39 is 41.0 Å². The van der Waals surface area contributed by atoms with E-state index in [-0.39, 0.29) is 35.4 Å². The Kier molecular flexibility index (Phi) is 9.53. The molecule has 1 unspecified atom stereocenters. The van der Waals surface area contributed by atoms with Gasteiger partial charge in [0.2, 0.25) is 11.8 Å². The van der Waals surface area contributed by atoms with Crippen LogP contribution in [0.5, 0.6) is 0 Å². The number of aromatic carboxylic acids is 1. The Hall–Kier alpha value is -3.95. The van der Waals surface area contributed by atoms with Crippen molar-refractivity contribution in [1.82, 2.24) is 10.2 Å². The van der Waals surface area contributed by atoms with Crippen LogP contribution in [-0.4, -0.2) is 58.1 Å². The second kappa shape index (κ2) is 12.9. The molecule has 9 nitrogen and oxygen atoms in total. The standard InChI is InChI=1S/C32H40FN3O6/c1-19(34-31(41)42-32(2,3)4)20-10-12-22(13-11-20)29(38)36-17-16-24(21-8-6-5-7-9-21)27(36)28(37)35-23-14-15-25(30(39)40)26(33)18-23/h5-9,14-15,18-20,22,24,27H,10-13,16-17H2,1-4H3,(H,34,41)(H,35,37)(H,39,40)/t19?,20?,22?,24-,27-/m0/s1. The van der Waals surface area contributed by atoms with Gasteiger partial charge in [-0.1, -0.05) is 30.3 Å². The molecule has 1 aliphatic carbocycles. The normalized spacial score (nSPS) is 23.1. The summed E-state index contributed by atoms with van der Waals surface area (Å²) >= 11 is 0. The van der Waals surface area contributed by atoms with Crippen LogP contribution in [0.4, 0.5) is 14.9 Å². The molecule has 2 aromatic rings. The first-order valence-corrected chi connectivity index (χ1v) is 14.5. The summed E-state index contributed by atoms with van der Waals surface area (Å²) < 4.78 is 19.7. The van der Waals surface area contributed by atoms with Crippen molar-refractivity contribution in [3.8, 4) is 0 Å². The van der Waals surface area contributed by atoms with Gasteiger partial charge < -0.3 is 25.4 Å². The number of amides is 3. The van der Waals surface area contributed by atoms with Gasteiger partial charge in [-0.05, 0) is 89.5 Å². The van der Waals surface area contributed by atoms with Gasteiger partial charge in [-0.15, -0.1) is 0 Å². The SMILES string of the molecule is CC(NC(=O)OC(C)(C)C)C1CCC(C(=O)N2CC[C@@H](c3ccccc3)[C@H]2C(=O)Nc2ccc(C(=O)O)c(F)c2)CC1. The van der Waals surface area contributed by atoms with Gasteiger partial charge in [-0.3, -0.25) is 9.59 Å². The van der Waals surface area contributed by atoms with Crippen LogP contribution in [-0.2, 0) is 14.3 Å². The van der Waals surface area contributed by atoms with Crippen LogP contribution in [0.1, 0.15) is 81.6 Å². The van der Waals surface area contributed by atoms with Gasteiger partial charge in [0.05, 0.1) is 5.56 Å². The molecule has 3 N–H and O–H groups in total. The Bertz CT molecular complexity index is 1300. The lowest BCUT2D eigenvalue weighted by Gasteiger charge is -2.35. The second-order valence-corrected chi connectivity index (χ2v) is 12.3. The van der Waals surface area contributed by atoms with Crippen molar-refractivity contribution in [2.45, 2.75) is 83.4 Å². The van der Waals surface area contributed by atoms with Crippen molar-refractivity contribution in [1.29, 1.82) is 0 Å². The van der Waals surface area contributed by atoms with Gasteiger partial charge in [0.25, 0.3) is 0 Å². The predicted octanol–water partition coefficient (Wildman–Crippen LogP) is 5.57. The van der Waals surface area contributed by atoms with Crippen molar-refractivity contribution in [3.05, 3.63) is 65.5 Å². The highest BCUT2D eigenvalue weighted by atomic mass is 19.1. The number of carbonyl (C=O) groups excluding carboxylic acids is 3. The number of halogens is 1. The second-order valence-electron chi connectivity index (χ2n) is 12.3. The lowest BCUT2D eigenvalue weighted by Crippen LogP contribution is -2.48. The third-order valence-corrected chi connectivity index (χ3v) is 8.22. The van der Waals surface area contributed by atoms with Crippen LogP contribution in [0.3, 0.4) is 0 Å². The molecule has 3 amide bonds. The van der Waals surface area contributed by atoms with Crippen molar-refractivity contribution < 1.29 is 33.4 Å². The highest BCUT2D eigenvalue weighted by Gasteiger charge is 2.45. The first-order chi connectivity index (χ1) is 19.8. The van der Waals surface area contributed by atoms with Crippen molar-refractivity contribution in [3.63, 3.8) is 0 Å². The highest BCUT2D eigenvalue weighted by molar-refractivity contribution is 5.99. The number of benzene rings is 2. The zero-order chi connectivity index (χ0) is 30.6. The Labute approximate surface area is 245 Å². The third kappa shape index (κ3) is 7.46. The Balaban J connectivity index is 1.45. The quantitative estimate of drug-likeness (QED) is 0.393. The largest absolute Gasteiger partial charge is 0.478 e. The first-order valence-electron chi connectivity index (χ1n) is 14.5. The summed E-state index contributed by atoms with van der Waals surface area (Å²) in [5.41, 5.74) is -0.00843. The maximum atomic E-state index is 14.3. The van der Waals surface area contributed by atoms with E-state index in [1.54, 1.807) is 4.90 Å². The zero-order valence-electron chi connectivity index (χ0n) is 24.6. The van der Waals surface area contributed by atoms with Crippen LogP contribution < -0.4 is 10.6 Å². The monoisotopic (exact) mass is 581 g/mol. The Morgan fingerprint density at radius 2 is 1.67 bits per heavy atom. The van der Waals surface area contributed by atoms with E-state index in [0.29, 0.717) is 25.8 Å². The molecule has 10 heteroatoms. The number of ether oxygens (including phenoxy) is 1. The van der Waals surface area contributed by atoms with E-state index in [2.05, 4.69) is 10.6 Å². The van der Waals surface area contributed by atoms with Crippen molar-refractivity contribution in [2.24, 2.45) is 11.8 Å². The molecule has 1 aliphatic heterocycles. The molecule has 2 aromatic carbocycles. The topological polar surface area (TPSA) is 125 Å². The highest BCUT2D eigenvalue weighted by Crippen LogP contribution is 2.38. The Morgan fingerprint density at radius 3 is 2.26 bits per heavy atom. The number of rotatable bonds is 7. The van der Waals surface area contributed by atoms with Gasteiger partial charge in [0, 0.05) is 30.1 Å². The van der Waals surface area contributed by atoms with E-state index in [1.165, 1.54) is 6.07 Å². The molecule has 3 atom stereocenters. The molecule has 226 valence electrons. The zero-order valence-corrected chi connectivity index (χ0v) is 24.6. The molecule has 1 saturated carbocycles. The lowest BCUT2D eigenvalue weighted by molar-refractivity contribution is -0.141. The molecular weight excluding hydrogens is 541 g/mol. The van der Waals surface area contributed by atoms with E-state index in [0.717, 1.165) is 30.5 Å². The molecule has 42 heavy (non-hydrogen) atoms. The number of carboxylic acids is 1. The fourth-order valence-electron chi connectivity index (χ4n) is 6.11. The first kappa shape index (κ1) is 31.0. The van der Waals surface area contributed by atoms with E-state index in [9.17, 15) is 23.6 Å². The van der Waals surface area contributed by atoms with Crippen LogP contribution in [0.2, 0.25) is 0 Å². The minimum Gasteiger partial charge on any atom is -0.478 e. The molecule has 2 aliphatic rings. The number of anilines is 1. The average molecular weight is 582 g/mol. The number of likely N-dealkylation sites (tertiary alicyclic amines) is 1. The van der Waals surface area contributed by atoms with Crippen molar-refractivity contribution in [2.75, 3.05) is 11.9 Å². The van der Waals surface area contributed by atoms with Gasteiger partial charge in [0.1, 0.15) is 17.5 Å². The van der Waals surface area contributed by atoms with Crippen LogP contribution in [0.15, 0.2) is 48.5 Å². The number of hydrogen-bond acceptors (Lipinski definition) is 5. The van der Waals surface area contributed by atoms with Gasteiger partial charge in [-0.25, -0.2) is 14.0 Å². The molecule has 0 aromatic heterocycles. The summed E-state index contributed by atoms with van der Waals surface area (Å²) in [5.74, 6) is -3.15. The maximum absolute atomic E-state index is 14.3. The summed E-state index contributed by atoms with van der Waals surface area (Å²) in [6, 6.07) is 12.1. The molecule has 0 spiro atoms. The maximum Gasteiger partial charge on any atom is 0.407 e. The predicted molar refractivity (Wildman–Crippen MR) is 156 cm³/mol. The number of carboxylic acid groups (broad SMARTS) is 1. The summed E-state index contributed by atoms with van der Waals surface area (Å²) in [7, 11) is 0. The molecule has 0 bridgehead atoms. The lowest BCUT2D eigenvalue weighted by atomic mass is 9.78. The number of hydrogen-bond donors (Lipinski definition) is 3. The number of nitrogens with one attached hydrogen (secondary N) is 2. The Morgan fingerprint density at radius 1 is 1.00 bits per heavy atom. The summed E-state index contributed by atoms with van der Waals surface area (Å²) in [6.45, 7) is 7.81. The van der Waals surface area contributed by atoms with Gasteiger partial charge in [0.15, 0.2) is 0 Å². The molecule has 4 rings (SSSR count). The molecular formula is C32H40FN3O6. The van der Waals surface area contributed by atoms with Crippen molar-refractivity contribution >= 4 is 29.6 Å². The molecule has 1 saturated heterocycles. The minimum atomic E-state index is -1.40. The number of alkyl carbamates (subject to hydrolysis) is 1. The van der Waals surface area contributed by atoms with Gasteiger partial charge >= 0.3 is 12.1 Å². The number of carbonyl (C=O) groups is 4. The summed E-state index contributed by atoms with van der Waals surface area (Å²) in [6.07, 6.45) is 2.96. The van der Waals surface area contributed by atoms with Crippen LogP contribution in [0, 0.1) is 17.7 Å². The fourth-order valence-corrected chi connectivity index (χ4v) is 6.11.